The summed E-state index contributed by atoms with van der Waals surface area (Å²) < 4.78 is 30.1. The number of thioether (sulfide) groups is 4. The summed E-state index contributed by atoms with van der Waals surface area (Å²) in [4.78, 5) is 10.7. The Labute approximate surface area is 416 Å². The predicted molar refractivity (Wildman–Crippen MR) is 296 cm³/mol. The maximum Gasteiger partial charge on any atom is 0.179 e. The first-order valence-corrected chi connectivity index (χ1v) is 30.5. The summed E-state index contributed by atoms with van der Waals surface area (Å²) in [5, 5.41) is 0. The average molecular weight is 990 g/mol. The van der Waals surface area contributed by atoms with Crippen LogP contribution in [0.25, 0.3) is 24.3 Å². The van der Waals surface area contributed by atoms with Gasteiger partial charge in [-0.3, -0.25) is 0 Å². The molecular formula is C54H84O4S6. The Balaban J connectivity index is 1.83. The third-order valence-corrected chi connectivity index (χ3v) is 18.5. The second-order valence-corrected chi connectivity index (χ2v) is 24.2. The van der Waals surface area contributed by atoms with Crippen molar-refractivity contribution < 1.29 is 18.9 Å². The van der Waals surface area contributed by atoms with Crippen molar-refractivity contribution in [2.45, 2.75) is 209 Å². The Kier molecular flexibility index (Phi) is 28.7. The highest BCUT2D eigenvalue weighted by molar-refractivity contribution is 8.29. The lowest BCUT2D eigenvalue weighted by atomic mass is 10.2. The molecule has 0 atom stereocenters. The first-order valence-electron chi connectivity index (χ1n) is 25.6. The number of hydrogen-bond donors (Lipinski definition) is 0. The van der Waals surface area contributed by atoms with Gasteiger partial charge in [0.15, 0.2) is 23.0 Å². The highest BCUT2D eigenvalue weighted by atomic mass is 32.2. The van der Waals surface area contributed by atoms with Gasteiger partial charge in [-0.1, -0.05) is 205 Å². The molecule has 0 radical (unpaired) electrons. The first-order chi connectivity index (χ1) is 31.4. The first kappa shape index (κ1) is 55.3. The highest BCUT2D eigenvalue weighted by Crippen LogP contribution is 2.57. The van der Waals surface area contributed by atoms with Crippen molar-refractivity contribution in [3.05, 3.63) is 47.6 Å². The largest absolute Gasteiger partial charge is 0.488 e. The van der Waals surface area contributed by atoms with Gasteiger partial charge in [0.25, 0.3) is 0 Å². The number of thiophene rings is 2. The molecule has 2 aliphatic rings. The van der Waals surface area contributed by atoms with E-state index in [-0.39, 0.29) is 0 Å². The summed E-state index contributed by atoms with van der Waals surface area (Å²) >= 11 is 11.5. The van der Waals surface area contributed by atoms with Crippen molar-refractivity contribution in [1.82, 2.24) is 0 Å². The molecule has 0 amide bonds. The lowest BCUT2D eigenvalue weighted by Crippen LogP contribution is -2.03. The fourth-order valence-corrected chi connectivity index (χ4v) is 15.7. The zero-order valence-corrected chi connectivity index (χ0v) is 46.1. The molecule has 0 saturated heterocycles. The average Bonchev–Trinajstić information content (AvgIpc) is 4.03. The molecule has 0 N–H and O–H groups in total. The van der Waals surface area contributed by atoms with Crippen molar-refractivity contribution in [2.24, 2.45) is 0 Å². The lowest BCUT2D eigenvalue weighted by Gasteiger charge is -2.12. The number of rotatable bonds is 36. The molecule has 0 aliphatic carbocycles. The van der Waals surface area contributed by atoms with Crippen LogP contribution in [0.1, 0.15) is 229 Å². The van der Waals surface area contributed by atoms with Crippen LogP contribution < -0.4 is 18.9 Å². The minimum absolute atomic E-state index is 0.689. The van der Waals surface area contributed by atoms with Gasteiger partial charge in [-0.25, -0.2) is 0 Å². The van der Waals surface area contributed by atoms with Crippen LogP contribution in [-0.2, 0) is 0 Å². The third kappa shape index (κ3) is 18.7. The van der Waals surface area contributed by atoms with Crippen LogP contribution in [0.15, 0.2) is 28.1 Å². The van der Waals surface area contributed by atoms with Crippen LogP contribution in [0.5, 0.6) is 23.0 Å². The maximum atomic E-state index is 6.85. The minimum atomic E-state index is 0.689. The molecule has 4 heterocycles. The summed E-state index contributed by atoms with van der Waals surface area (Å²) in [6.07, 6.45) is 37.3. The SMILES string of the molecule is CCCCCCOc1c(C=C2SC(CCC)=C(CCC)S2)sc(/C=C/c2sc(C=C3SC(CCC)=C(CCC)S3)c(OCCCCCC)c2OCCCCCC)c1OCCCCCC. The summed E-state index contributed by atoms with van der Waals surface area (Å²) in [7, 11) is 0. The Morgan fingerprint density at radius 2 is 0.578 bits per heavy atom. The van der Waals surface area contributed by atoms with Gasteiger partial charge in [-0.2, -0.15) is 0 Å². The molecule has 0 fully saturated rings. The van der Waals surface area contributed by atoms with E-state index < -0.39 is 0 Å². The van der Waals surface area contributed by atoms with Crippen LogP contribution in [0.4, 0.5) is 0 Å². The van der Waals surface area contributed by atoms with Gasteiger partial charge in [-0.15, -0.1) is 22.7 Å². The quantitative estimate of drug-likeness (QED) is 0.0625. The normalized spacial score (nSPS) is 14.2. The standard InChI is InChI=1S/C54H84O4S6/c1-9-17-21-25-35-55-51-45(59-47(53(51)57-37-27-23-19-11-3)39-49-61-41(29-13-5)42(62-49)30-14-6)33-34-46-52(56-36-26-22-18-10-2)54(58-38-28-24-20-12-4)48(60-46)40-50-63-43(31-15-7)44(64-50)32-16-8/h33-34,39-40H,9-32,35-38H2,1-8H3/b34-33+. The monoisotopic (exact) mass is 988 g/mol. The van der Waals surface area contributed by atoms with Gasteiger partial charge >= 0.3 is 0 Å². The number of unbranched alkanes of at least 4 members (excludes halogenated alkanes) is 12. The van der Waals surface area contributed by atoms with Crippen molar-refractivity contribution in [3.8, 4) is 23.0 Å². The summed E-state index contributed by atoms with van der Waals surface area (Å²) in [6, 6.07) is 0. The second kappa shape index (κ2) is 33.2. The van der Waals surface area contributed by atoms with Gasteiger partial charge in [0.2, 0.25) is 0 Å². The molecule has 0 aromatic carbocycles. The molecule has 4 nitrogen and oxygen atoms in total. The molecule has 0 bridgehead atoms. The van der Waals surface area contributed by atoms with E-state index in [0.29, 0.717) is 26.4 Å². The zero-order chi connectivity index (χ0) is 45.8. The second-order valence-electron chi connectivity index (χ2n) is 17.0. The predicted octanol–water partition coefficient (Wildman–Crippen LogP) is 21.0. The van der Waals surface area contributed by atoms with Crippen molar-refractivity contribution >= 4 is 94.0 Å². The molecule has 2 aromatic heterocycles. The third-order valence-electron chi connectivity index (χ3n) is 11.0. The minimum Gasteiger partial charge on any atom is -0.488 e. The van der Waals surface area contributed by atoms with Crippen molar-refractivity contribution in [2.75, 3.05) is 26.4 Å². The van der Waals surface area contributed by atoms with Crippen molar-refractivity contribution in [1.29, 1.82) is 0 Å². The van der Waals surface area contributed by atoms with E-state index in [1.807, 2.05) is 69.7 Å². The molecular weight excluding hydrogens is 905 g/mol. The highest BCUT2D eigenvalue weighted by Gasteiger charge is 2.26. The van der Waals surface area contributed by atoms with Crippen LogP contribution in [-0.4, -0.2) is 26.4 Å². The van der Waals surface area contributed by atoms with Gasteiger partial charge in [0, 0.05) is 19.6 Å². The Hall–Kier alpha value is -1.30. The molecule has 0 unspecified atom stereocenters. The van der Waals surface area contributed by atoms with E-state index in [9.17, 15) is 0 Å². The summed E-state index contributed by atoms with van der Waals surface area (Å²) in [5.41, 5.74) is 0. The maximum absolute atomic E-state index is 6.85. The van der Waals surface area contributed by atoms with Crippen LogP contribution >= 0.6 is 69.7 Å². The van der Waals surface area contributed by atoms with Crippen LogP contribution in [0.3, 0.4) is 0 Å². The van der Waals surface area contributed by atoms with Crippen molar-refractivity contribution in [3.63, 3.8) is 0 Å². The Morgan fingerprint density at radius 1 is 0.312 bits per heavy atom. The number of hydrogen-bond acceptors (Lipinski definition) is 10. The van der Waals surface area contributed by atoms with E-state index in [0.717, 1.165) is 93.9 Å². The molecule has 2 aliphatic heterocycles. The van der Waals surface area contributed by atoms with Crippen LogP contribution in [0, 0.1) is 0 Å². The van der Waals surface area contributed by atoms with E-state index in [1.54, 1.807) is 19.6 Å². The summed E-state index contributed by atoms with van der Waals surface area (Å²) in [5.74, 6) is 3.63. The Bertz CT molecular complexity index is 1630. The topological polar surface area (TPSA) is 36.9 Å². The summed E-state index contributed by atoms with van der Waals surface area (Å²) in [6.45, 7) is 21.1. The molecule has 4 rings (SSSR count). The fraction of sp³-hybridized carbons (Fsp3) is 0.667. The lowest BCUT2D eigenvalue weighted by molar-refractivity contribution is 0.260. The van der Waals surface area contributed by atoms with Gasteiger partial charge in [0.05, 0.1) is 54.4 Å². The Morgan fingerprint density at radius 3 is 0.828 bits per heavy atom. The molecule has 10 heteroatoms. The van der Waals surface area contributed by atoms with Gasteiger partial charge in [0.1, 0.15) is 0 Å². The smallest absolute Gasteiger partial charge is 0.179 e. The fourth-order valence-electron chi connectivity index (χ4n) is 7.55. The van der Waals surface area contributed by atoms with E-state index in [4.69, 9.17) is 18.9 Å². The van der Waals surface area contributed by atoms with Crippen LogP contribution in [0.2, 0.25) is 0 Å². The molecule has 2 aromatic rings. The molecule has 0 saturated carbocycles. The van der Waals surface area contributed by atoms with E-state index in [2.05, 4.69) is 79.7 Å². The van der Waals surface area contributed by atoms with E-state index in [1.165, 1.54) is 111 Å². The number of allylic oxidation sites excluding steroid dienone is 4. The van der Waals surface area contributed by atoms with E-state index >= 15 is 0 Å². The molecule has 0 spiro atoms. The molecule has 64 heavy (non-hydrogen) atoms. The zero-order valence-electron chi connectivity index (χ0n) is 41.2. The van der Waals surface area contributed by atoms with Gasteiger partial charge in [-0.05, 0) is 75.7 Å². The molecule has 360 valence electrons. The number of ether oxygens (including phenoxy) is 4. The van der Waals surface area contributed by atoms with Gasteiger partial charge < -0.3 is 18.9 Å².